The molecule has 1 aromatic rings. The Kier molecular flexibility index (Phi) is 2.63. The zero-order valence-corrected chi connectivity index (χ0v) is 6.97. The summed E-state index contributed by atoms with van der Waals surface area (Å²) in [6, 6.07) is 0. The van der Waals surface area contributed by atoms with Crippen LogP contribution in [0.1, 0.15) is 18.2 Å². The molecule has 3 heteroatoms. The minimum absolute atomic E-state index is 0.342. The first-order chi connectivity index (χ1) is 5.29. The molecule has 0 amide bonds. The van der Waals surface area contributed by atoms with Crippen LogP contribution in [0.3, 0.4) is 0 Å². The van der Waals surface area contributed by atoms with Gasteiger partial charge in [-0.05, 0) is 18.9 Å². The second kappa shape index (κ2) is 3.51. The lowest BCUT2D eigenvalue weighted by Gasteiger charge is -2.00. The zero-order valence-electron chi connectivity index (χ0n) is 6.97. The first kappa shape index (κ1) is 8.24. The number of aromatic nitrogens is 2. The summed E-state index contributed by atoms with van der Waals surface area (Å²) in [5.74, 6) is 0. The fraction of sp³-hybridized carbons (Fsp3) is 0.625. The standard InChI is InChI=1S/C8H13FN2/c1-3-8-6-10-11(5-4-9)7(8)2/h6H,3-5H2,1-2H3. The van der Waals surface area contributed by atoms with Crippen LogP contribution in [-0.2, 0) is 13.0 Å². The zero-order chi connectivity index (χ0) is 8.27. The van der Waals surface area contributed by atoms with Crippen LogP contribution in [0.4, 0.5) is 4.39 Å². The Bertz CT molecular complexity index is 230. The normalized spacial score (nSPS) is 10.5. The smallest absolute Gasteiger partial charge is 0.109 e. The molecule has 0 radical (unpaired) electrons. The van der Waals surface area contributed by atoms with Crippen LogP contribution in [0.25, 0.3) is 0 Å². The number of hydrogen-bond donors (Lipinski definition) is 0. The summed E-state index contributed by atoms with van der Waals surface area (Å²) in [5, 5.41) is 4.05. The molecule has 0 aliphatic carbocycles. The minimum atomic E-state index is -0.342. The van der Waals surface area contributed by atoms with Crippen molar-refractivity contribution in [2.24, 2.45) is 0 Å². The molecule has 0 unspecified atom stereocenters. The number of aryl methyl sites for hydroxylation is 2. The molecule has 1 aromatic heterocycles. The van der Waals surface area contributed by atoms with Crippen molar-refractivity contribution in [3.8, 4) is 0 Å². The molecule has 0 saturated heterocycles. The summed E-state index contributed by atoms with van der Waals surface area (Å²) in [4.78, 5) is 0. The third-order valence-corrected chi connectivity index (χ3v) is 1.88. The number of rotatable bonds is 3. The molecule has 0 atom stereocenters. The third kappa shape index (κ3) is 1.59. The van der Waals surface area contributed by atoms with Crippen LogP contribution in [0.2, 0.25) is 0 Å². The molecule has 0 spiro atoms. The fourth-order valence-corrected chi connectivity index (χ4v) is 1.14. The number of alkyl halides is 1. The predicted octanol–water partition coefficient (Wildman–Crippen LogP) is 1.72. The monoisotopic (exact) mass is 156 g/mol. The summed E-state index contributed by atoms with van der Waals surface area (Å²) < 4.78 is 13.6. The Hall–Kier alpha value is -0.860. The number of halogens is 1. The Balaban J connectivity index is 2.82. The van der Waals surface area contributed by atoms with Crippen molar-refractivity contribution in [3.63, 3.8) is 0 Å². The van der Waals surface area contributed by atoms with Gasteiger partial charge in [-0.1, -0.05) is 6.92 Å². The predicted molar refractivity (Wildman–Crippen MR) is 42.3 cm³/mol. The van der Waals surface area contributed by atoms with Gasteiger partial charge in [0.25, 0.3) is 0 Å². The summed E-state index contributed by atoms with van der Waals surface area (Å²) >= 11 is 0. The van der Waals surface area contributed by atoms with E-state index >= 15 is 0 Å². The van der Waals surface area contributed by atoms with Crippen LogP contribution in [-0.4, -0.2) is 16.5 Å². The fourth-order valence-electron chi connectivity index (χ4n) is 1.14. The average molecular weight is 156 g/mol. The maximum atomic E-state index is 11.9. The lowest BCUT2D eigenvalue weighted by molar-refractivity contribution is 0.422. The van der Waals surface area contributed by atoms with E-state index in [0.717, 1.165) is 12.1 Å². The van der Waals surface area contributed by atoms with Gasteiger partial charge in [0.2, 0.25) is 0 Å². The Morgan fingerprint density at radius 1 is 1.64 bits per heavy atom. The van der Waals surface area contributed by atoms with Crippen molar-refractivity contribution < 1.29 is 4.39 Å². The van der Waals surface area contributed by atoms with Crippen molar-refractivity contribution in [2.75, 3.05) is 6.67 Å². The van der Waals surface area contributed by atoms with E-state index in [1.54, 1.807) is 4.68 Å². The number of hydrogen-bond acceptors (Lipinski definition) is 1. The summed E-state index contributed by atoms with van der Waals surface area (Å²) in [6.07, 6.45) is 2.78. The van der Waals surface area contributed by atoms with Crippen LogP contribution >= 0.6 is 0 Å². The van der Waals surface area contributed by atoms with Gasteiger partial charge in [-0.2, -0.15) is 5.10 Å². The van der Waals surface area contributed by atoms with Gasteiger partial charge >= 0.3 is 0 Å². The van der Waals surface area contributed by atoms with Gasteiger partial charge < -0.3 is 0 Å². The summed E-state index contributed by atoms with van der Waals surface area (Å²) in [7, 11) is 0. The topological polar surface area (TPSA) is 17.8 Å². The molecule has 0 fully saturated rings. The van der Waals surface area contributed by atoms with Crippen LogP contribution < -0.4 is 0 Å². The Morgan fingerprint density at radius 3 is 2.82 bits per heavy atom. The molecule has 1 rings (SSSR count). The number of nitrogens with zero attached hydrogens (tertiary/aromatic N) is 2. The van der Waals surface area contributed by atoms with Crippen molar-refractivity contribution in [2.45, 2.75) is 26.8 Å². The quantitative estimate of drug-likeness (QED) is 0.651. The van der Waals surface area contributed by atoms with Gasteiger partial charge in [-0.3, -0.25) is 4.68 Å². The maximum absolute atomic E-state index is 11.9. The van der Waals surface area contributed by atoms with E-state index < -0.39 is 0 Å². The molecule has 11 heavy (non-hydrogen) atoms. The molecule has 0 aliphatic rings. The lowest BCUT2D eigenvalue weighted by Crippen LogP contribution is -2.03. The molecule has 0 aromatic carbocycles. The average Bonchev–Trinajstić information content (AvgIpc) is 2.34. The van der Waals surface area contributed by atoms with Crippen molar-refractivity contribution in [1.29, 1.82) is 0 Å². The van der Waals surface area contributed by atoms with E-state index in [2.05, 4.69) is 12.0 Å². The lowest BCUT2D eigenvalue weighted by atomic mass is 10.2. The highest BCUT2D eigenvalue weighted by atomic mass is 19.1. The largest absolute Gasteiger partial charge is 0.267 e. The van der Waals surface area contributed by atoms with E-state index in [9.17, 15) is 4.39 Å². The minimum Gasteiger partial charge on any atom is -0.267 e. The molecular weight excluding hydrogens is 143 g/mol. The first-order valence-electron chi connectivity index (χ1n) is 3.86. The van der Waals surface area contributed by atoms with Crippen LogP contribution in [0.15, 0.2) is 6.20 Å². The molecular formula is C8H13FN2. The molecule has 0 saturated carbocycles. The molecule has 62 valence electrons. The van der Waals surface area contributed by atoms with E-state index in [1.165, 1.54) is 5.56 Å². The summed E-state index contributed by atoms with van der Waals surface area (Å²) in [5.41, 5.74) is 2.30. The van der Waals surface area contributed by atoms with Crippen molar-refractivity contribution in [1.82, 2.24) is 9.78 Å². The third-order valence-electron chi connectivity index (χ3n) is 1.88. The van der Waals surface area contributed by atoms with Gasteiger partial charge in [0.1, 0.15) is 6.67 Å². The van der Waals surface area contributed by atoms with Gasteiger partial charge in [0.15, 0.2) is 0 Å². The van der Waals surface area contributed by atoms with Gasteiger partial charge in [0.05, 0.1) is 12.7 Å². The molecule has 2 nitrogen and oxygen atoms in total. The second-order valence-corrected chi connectivity index (χ2v) is 2.52. The SMILES string of the molecule is CCc1cnn(CCF)c1C. The van der Waals surface area contributed by atoms with Crippen molar-refractivity contribution in [3.05, 3.63) is 17.5 Å². The Labute approximate surface area is 66.0 Å². The molecule has 0 aliphatic heterocycles. The highest BCUT2D eigenvalue weighted by molar-refractivity contribution is 5.15. The molecule has 0 bridgehead atoms. The first-order valence-corrected chi connectivity index (χ1v) is 3.86. The van der Waals surface area contributed by atoms with E-state index in [0.29, 0.717) is 6.54 Å². The van der Waals surface area contributed by atoms with Gasteiger partial charge in [-0.15, -0.1) is 0 Å². The molecule has 0 N–H and O–H groups in total. The van der Waals surface area contributed by atoms with E-state index in [-0.39, 0.29) is 6.67 Å². The highest BCUT2D eigenvalue weighted by Gasteiger charge is 2.02. The van der Waals surface area contributed by atoms with Gasteiger partial charge in [0, 0.05) is 5.69 Å². The van der Waals surface area contributed by atoms with E-state index in [1.807, 2.05) is 13.1 Å². The maximum Gasteiger partial charge on any atom is 0.109 e. The highest BCUT2D eigenvalue weighted by Crippen LogP contribution is 2.06. The van der Waals surface area contributed by atoms with Gasteiger partial charge in [-0.25, -0.2) is 4.39 Å². The Morgan fingerprint density at radius 2 is 2.36 bits per heavy atom. The summed E-state index contributed by atoms with van der Waals surface area (Å²) in [6.45, 7) is 4.09. The van der Waals surface area contributed by atoms with Crippen LogP contribution in [0.5, 0.6) is 0 Å². The van der Waals surface area contributed by atoms with Crippen molar-refractivity contribution >= 4 is 0 Å². The van der Waals surface area contributed by atoms with Crippen LogP contribution in [0, 0.1) is 6.92 Å². The van der Waals surface area contributed by atoms with E-state index in [4.69, 9.17) is 0 Å². The second-order valence-electron chi connectivity index (χ2n) is 2.52. The molecule has 1 heterocycles.